The molecule has 5 heteroatoms. The molecule has 0 aromatic carbocycles. The van der Waals surface area contributed by atoms with E-state index in [1.54, 1.807) is 0 Å². The van der Waals surface area contributed by atoms with Crippen molar-refractivity contribution in [1.29, 1.82) is 0 Å². The number of nitrogens with one attached hydrogen (secondary N) is 2. The molecule has 0 radical (unpaired) electrons. The van der Waals surface area contributed by atoms with Gasteiger partial charge in [-0.3, -0.25) is 0 Å². The molecule has 1 aliphatic heterocycles. The van der Waals surface area contributed by atoms with E-state index in [4.69, 9.17) is 0 Å². The van der Waals surface area contributed by atoms with Gasteiger partial charge in [-0.1, -0.05) is 27.7 Å². The summed E-state index contributed by atoms with van der Waals surface area (Å²) in [7, 11) is -3.12. The van der Waals surface area contributed by atoms with E-state index < -0.39 is 10.0 Å². The normalized spacial score (nSPS) is 27.2. The monoisotopic (exact) mass is 248 g/mol. The van der Waals surface area contributed by atoms with Gasteiger partial charge < -0.3 is 5.32 Å². The number of hydrogen-bond acceptors (Lipinski definition) is 3. The first-order chi connectivity index (χ1) is 7.20. The molecule has 2 atom stereocenters. The summed E-state index contributed by atoms with van der Waals surface area (Å²) in [5.74, 6) is 0.601. The van der Waals surface area contributed by atoms with Crippen molar-refractivity contribution in [3.8, 4) is 0 Å². The first kappa shape index (κ1) is 13.9. The summed E-state index contributed by atoms with van der Waals surface area (Å²) in [6.45, 7) is 9.88. The van der Waals surface area contributed by atoms with Crippen molar-refractivity contribution in [3.05, 3.63) is 0 Å². The molecule has 0 spiro atoms. The Hall–Kier alpha value is -0.130. The minimum Gasteiger partial charge on any atom is -0.315 e. The second-order valence-electron chi connectivity index (χ2n) is 5.99. The van der Waals surface area contributed by atoms with Crippen LogP contribution in [0, 0.1) is 11.3 Å². The van der Waals surface area contributed by atoms with E-state index in [0.717, 1.165) is 13.1 Å². The van der Waals surface area contributed by atoms with Crippen molar-refractivity contribution in [2.75, 3.05) is 18.8 Å². The average Bonchev–Trinajstić information content (AvgIpc) is 2.47. The first-order valence-electron chi connectivity index (χ1n) is 5.90. The van der Waals surface area contributed by atoms with Crippen LogP contribution in [0.3, 0.4) is 0 Å². The van der Waals surface area contributed by atoms with Crippen LogP contribution in [0.15, 0.2) is 0 Å². The maximum absolute atomic E-state index is 11.8. The van der Waals surface area contributed by atoms with Crippen LogP contribution in [0.1, 0.15) is 34.1 Å². The van der Waals surface area contributed by atoms with Crippen molar-refractivity contribution in [1.82, 2.24) is 10.0 Å². The van der Waals surface area contributed by atoms with Gasteiger partial charge in [0.15, 0.2) is 0 Å². The van der Waals surface area contributed by atoms with Gasteiger partial charge >= 0.3 is 0 Å². The lowest BCUT2D eigenvalue weighted by Gasteiger charge is -2.20. The second-order valence-corrected chi connectivity index (χ2v) is 7.86. The van der Waals surface area contributed by atoms with Crippen molar-refractivity contribution < 1.29 is 8.42 Å². The van der Waals surface area contributed by atoms with Gasteiger partial charge in [0, 0.05) is 12.6 Å². The quantitative estimate of drug-likeness (QED) is 0.779. The Labute approximate surface area is 99.2 Å². The highest BCUT2D eigenvalue weighted by molar-refractivity contribution is 7.89. The Morgan fingerprint density at radius 2 is 1.94 bits per heavy atom. The lowest BCUT2D eigenvalue weighted by molar-refractivity contribution is 0.395. The Bertz CT molecular complexity index is 319. The molecule has 0 aromatic rings. The summed E-state index contributed by atoms with van der Waals surface area (Å²) in [5.41, 5.74) is 0.0638. The predicted molar refractivity (Wildman–Crippen MR) is 66.8 cm³/mol. The number of hydrogen-bond donors (Lipinski definition) is 2. The molecular weight excluding hydrogens is 224 g/mol. The fourth-order valence-electron chi connectivity index (χ4n) is 1.70. The fraction of sp³-hybridized carbons (Fsp3) is 1.00. The van der Waals surface area contributed by atoms with E-state index in [0.29, 0.717) is 12.3 Å². The van der Waals surface area contributed by atoms with Gasteiger partial charge in [0.25, 0.3) is 0 Å². The maximum Gasteiger partial charge on any atom is 0.211 e. The lowest BCUT2D eigenvalue weighted by Crippen LogP contribution is -2.41. The zero-order valence-corrected chi connectivity index (χ0v) is 11.5. The third kappa shape index (κ3) is 4.80. The zero-order valence-electron chi connectivity index (χ0n) is 10.7. The highest BCUT2D eigenvalue weighted by Crippen LogP contribution is 2.19. The van der Waals surface area contributed by atoms with Gasteiger partial charge in [-0.2, -0.15) is 0 Å². The molecule has 0 saturated carbocycles. The standard InChI is InChI=1S/C11H24N2O2S/c1-9-7-12-8-10(9)13-16(14,15)6-5-11(2,3)4/h9-10,12-13H,5-8H2,1-4H3. The van der Waals surface area contributed by atoms with Gasteiger partial charge in [-0.25, -0.2) is 13.1 Å². The smallest absolute Gasteiger partial charge is 0.211 e. The highest BCUT2D eigenvalue weighted by atomic mass is 32.2. The summed E-state index contributed by atoms with van der Waals surface area (Å²) >= 11 is 0. The topological polar surface area (TPSA) is 58.2 Å². The van der Waals surface area contributed by atoms with Crippen LogP contribution in [0.4, 0.5) is 0 Å². The van der Waals surface area contributed by atoms with E-state index >= 15 is 0 Å². The van der Waals surface area contributed by atoms with Crippen LogP contribution >= 0.6 is 0 Å². The van der Waals surface area contributed by atoms with Crippen LogP contribution in [0.25, 0.3) is 0 Å². The van der Waals surface area contributed by atoms with Gasteiger partial charge in [0.2, 0.25) is 10.0 Å². The molecule has 1 rings (SSSR count). The number of sulfonamides is 1. The van der Waals surface area contributed by atoms with Crippen LogP contribution in [0.2, 0.25) is 0 Å². The Morgan fingerprint density at radius 1 is 1.31 bits per heavy atom. The zero-order chi connectivity index (χ0) is 12.4. The van der Waals surface area contributed by atoms with Crippen LogP contribution in [-0.4, -0.2) is 33.3 Å². The summed E-state index contributed by atoms with van der Waals surface area (Å²) in [4.78, 5) is 0. The third-order valence-corrected chi connectivity index (χ3v) is 4.37. The molecule has 2 unspecified atom stereocenters. The molecule has 0 bridgehead atoms. The van der Waals surface area contributed by atoms with E-state index in [9.17, 15) is 8.42 Å². The Balaban J connectivity index is 2.46. The first-order valence-corrected chi connectivity index (χ1v) is 7.55. The molecule has 2 N–H and O–H groups in total. The predicted octanol–water partition coefficient (Wildman–Crippen LogP) is 0.950. The van der Waals surface area contributed by atoms with Crippen molar-refractivity contribution in [2.45, 2.75) is 40.2 Å². The van der Waals surface area contributed by atoms with Gasteiger partial charge in [0.05, 0.1) is 5.75 Å². The molecule has 1 heterocycles. The number of rotatable bonds is 4. The molecule has 16 heavy (non-hydrogen) atoms. The van der Waals surface area contributed by atoms with Crippen molar-refractivity contribution in [2.24, 2.45) is 11.3 Å². The second kappa shape index (κ2) is 5.02. The molecule has 0 aromatic heterocycles. The summed E-state index contributed by atoms with van der Waals surface area (Å²) < 4.78 is 26.5. The van der Waals surface area contributed by atoms with Gasteiger partial charge in [0.1, 0.15) is 0 Å². The van der Waals surface area contributed by atoms with E-state index in [2.05, 4.69) is 37.7 Å². The summed E-state index contributed by atoms with van der Waals surface area (Å²) in [6.07, 6.45) is 0.691. The van der Waals surface area contributed by atoms with E-state index in [-0.39, 0.29) is 17.2 Å². The minimum atomic E-state index is -3.12. The Kier molecular flexibility index (Phi) is 4.37. The van der Waals surface area contributed by atoms with E-state index in [1.165, 1.54) is 0 Å². The SMILES string of the molecule is CC1CNCC1NS(=O)(=O)CCC(C)(C)C. The molecule has 4 nitrogen and oxygen atoms in total. The molecule has 96 valence electrons. The molecule has 1 aliphatic rings. The molecule has 1 fully saturated rings. The van der Waals surface area contributed by atoms with Crippen LogP contribution < -0.4 is 10.0 Å². The summed E-state index contributed by atoms with van der Waals surface area (Å²) in [5, 5.41) is 3.19. The van der Waals surface area contributed by atoms with Gasteiger partial charge in [-0.05, 0) is 24.3 Å². The highest BCUT2D eigenvalue weighted by Gasteiger charge is 2.27. The largest absolute Gasteiger partial charge is 0.315 e. The van der Waals surface area contributed by atoms with Crippen molar-refractivity contribution >= 4 is 10.0 Å². The van der Waals surface area contributed by atoms with E-state index in [1.807, 2.05) is 0 Å². The lowest BCUT2D eigenvalue weighted by atomic mass is 9.94. The third-order valence-electron chi connectivity index (χ3n) is 2.97. The average molecular weight is 248 g/mol. The van der Waals surface area contributed by atoms with Crippen LogP contribution in [0.5, 0.6) is 0 Å². The summed E-state index contributed by atoms with van der Waals surface area (Å²) in [6, 6.07) is 0.0602. The maximum atomic E-state index is 11.8. The molecule has 0 aliphatic carbocycles. The Morgan fingerprint density at radius 3 is 2.38 bits per heavy atom. The fourth-order valence-corrected chi connectivity index (χ4v) is 3.47. The van der Waals surface area contributed by atoms with Crippen LogP contribution in [-0.2, 0) is 10.0 Å². The van der Waals surface area contributed by atoms with Crippen molar-refractivity contribution in [3.63, 3.8) is 0 Å². The minimum absolute atomic E-state index is 0.0602. The molecule has 0 amide bonds. The molecule has 1 saturated heterocycles. The molecular formula is C11H24N2O2S. The van der Waals surface area contributed by atoms with Gasteiger partial charge in [-0.15, -0.1) is 0 Å².